The van der Waals surface area contributed by atoms with E-state index in [0.29, 0.717) is 0 Å². The number of unbranched alkanes of at least 4 members (excludes halogenated alkanes) is 10. The van der Waals surface area contributed by atoms with E-state index in [0.717, 1.165) is 37.6 Å². The molecule has 0 heterocycles. The molecule has 0 bridgehead atoms. The zero-order valence-electron chi connectivity index (χ0n) is 20.6. The number of ether oxygens (including phenoxy) is 2. The molecule has 0 atom stereocenters. The molecule has 0 saturated heterocycles. The fraction of sp³-hybridized carbons (Fsp3) is 0.586. The molecule has 2 aromatic carbocycles. The molecule has 3 heteroatoms. The smallest absolute Gasteiger partial charge is 0.358 e. The maximum absolute atomic E-state index is 5.97. The van der Waals surface area contributed by atoms with Gasteiger partial charge in [-0.25, -0.2) is 0 Å². The molecule has 0 aromatic heterocycles. The fourth-order valence-corrected chi connectivity index (χ4v) is 5.97. The van der Waals surface area contributed by atoms with E-state index in [1.165, 1.54) is 76.9 Å². The second kappa shape index (κ2) is 17.3. The molecule has 0 aliphatic heterocycles. The summed E-state index contributed by atoms with van der Waals surface area (Å²) >= 11 is -0.178. The molecule has 2 aromatic rings. The Bertz CT molecular complexity index is 726. The topological polar surface area (TPSA) is 18.5 Å². The summed E-state index contributed by atoms with van der Waals surface area (Å²) in [4.78, 5) is 0. The van der Waals surface area contributed by atoms with E-state index >= 15 is 0 Å². The van der Waals surface area contributed by atoms with E-state index in [-0.39, 0.29) is 21.2 Å². The fourth-order valence-electron chi connectivity index (χ4n) is 3.64. The molecule has 0 radical (unpaired) electrons. The summed E-state index contributed by atoms with van der Waals surface area (Å²) in [6, 6.07) is 15.3. The van der Waals surface area contributed by atoms with Gasteiger partial charge in [0.1, 0.15) is 11.5 Å². The van der Waals surface area contributed by atoms with Gasteiger partial charge in [0, 0.05) is 5.56 Å². The van der Waals surface area contributed by atoms with Crippen LogP contribution in [0.15, 0.2) is 42.5 Å². The van der Waals surface area contributed by atoms with Crippen LogP contribution in [0.1, 0.15) is 96.5 Å². The molecule has 2 nitrogen and oxygen atoms in total. The van der Waals surface area contributed by atoms with Crippen LogP contribution < -0.4 is 30.7 Å². The van der Waals surface area contributed by atoms with Crippen LogP contribution in [-0.4, -0.2) is 13.2 Å². The predicted octanol–water partition coefficient (Wildman–Crippen LogP) is 5.60. The summed E-state index contributed by atoms with van der Waals surface area (Å²) in [5.41, 5.74) is 1.34. The van der Waals surface area contributed by atoms with Gasteiger partial charge in [-0.3, -0.25) is 0 Å². The van der Waals surface area contributed by atoms with Gasteiger partial charge in [0.25, 0.3) is 0 Å². The van der Waals surface area contributed by atoms with Crippen molar-refractivity contribution < 1.29 is 30.7 Å². The standard InChI is InChI=1S/C29H44IO2/c1-4-6-8-9-10-11-12-13-14-15-23-31-27-18-16-26(17-19-27)30-29-21-20-28(24-25(29)3)32-22-7-5-2/h16-21,24H,4-15,22-23H2,1-3H3/q+1. The Labute approximate surface area is 207 Å². The predicted molar refractivity (Wildman–Crippen MR) is 133 cm³/mol. The monoisotopic (exact) mass is 551 g/mol. The Hall–Kier alpha value is -1.23. The quantitative estimate of drug-likeness (QED) is 0.177. The van der Waals surface area contributed by atoms with Gasteiger partial charge in [0.2, 0.25) is 0 Å². The van der Waals surface area contributed by atoms with Crippen LogP contribution in [-0.2, 0) is 0 Å². The summed E-state index contributed by atoms with van der Waals surface area (Å²) in [7, 11) is 0. The van der Waals surface area contributed by atoms with Gasteiger partial charge in [-0.2, -0.15) is 0 Å². The van der Waals surface area contributed by atoms with Crippen molar-refractivity contribution in [1.29, 1.82) is 0 Å². The maximum atomic E-state index is 5.97. The molecule has 0 N–H and O–H groups in total. The lowest BCUT2D eigenvalue weighted by molar-refractivity contribution is -0.598. The van der Waals surface area contributed by atoms with Crippen molar-refractivity contribution >= 4 is 0 Å². The SMILES string of the molecule is CCCCCCCCCCCCOc1ccc([I+]c2ccc(OCCCC)cc2C)cc1. The highest BCUT2D eigenvalue weighted by Crippen LogP contribution is 2.14. The molecule has 2 rings (SSSR count). The second-order valence-corrected chi connectivity index (χ2v) is 11.6. The molecule has 0 amide bonds. The highest BCUT2D eigenvalue weighted by atomic mass is 127. The third-order valence-corrected chi connectivity index (χ3v) is 8.82. The summed E-state index contributed by atoms with van der Waals surface area (Å²) < 4.78 is 14.7. The second-order valence-electron chi connectivity index (χ2n) is 8.69. The Morgan fingerprint density at radius 1 is 0.594 bits per heavy atom. The average molecular weight is 552 g/mol. The Kier molecular flexibility index (Phi) is 14.6. The van der Waals surface area contributed by atoms with Crippen LogP contribution in [0.25, 0.3) is 0 Å². The minimum absolute atomic E-state index is 0.178. The van der Waals surface area contributed by atoms with E-state index in [4.69, 9.17) is 9.47 Å². The van der Waals surface area contributed by atoms with Crippen molar-refractivity contribution in [3.05, 3.63) is 55.2 Å². The molecule has 0 aliphatic rings. The van der Waals surface area contributed by atoms with Crippen molar-refractivity contribution in [1.82, 2.24) is 0 Å². The molecule has 0 fully saturated rings. The van der Waals surface area contributed by atoms with Crippen molar-refractivity contribution in [3.8, 4) is 11.5 Å². The van der Waals surface area contributed by atoms with Gasteiger partial charge in [0.15, 0.2) is 7.14 Å². The Morgan fingerprint density at radius 3 is 1.75 bits per heavy atom. The van der Waals surface area contributed by atoms with Crippen LogP contribution in [0, 0.1) is 14.1 Å². The van der Waals surface area contributed by atoms with Crippen molar-refractivity contribution in [2.75, 3.05) is 13.2 Å². The van der Waals surface area contributed by atoms with Crippen molar-refractivity contribution in [2.45, 2.75) is 97.8 Å². The van der Waals surface area contributed by atoms with Gasteiger partial charge >= 0.3 is 21.2 Å². The first-order valence-corrected chi connectivity index (χ1v) is 15.0. The third kappa shape index (κ3) is 11.6. The molecule has 178 valence electrons. The van der Waals surface area contributed by atoms with Crippen LogP contribution in [0.2, 0.25) is 0 Å². The molecule has 0 aliphatic carbocycles. The number of rotatable bonds is 18. The molecular formula is C29H44IO2+. The van der Waals surface area contributed by atoms with Gasteiger partial charge in [-0.1, -0.05) is 78.1 Å². The highest BCUT2D eigenvalue weighted by Gasteiger charge is 2.18. The number of hydrogen-bond acceptors (Lipinski definition) is 2. The zero-order valence-corrected chi connectivity index (χ0v) is 22.8. The van der Waals surface area contributed by atoms with Crippen LogP contribution in [0.4, 0.5) is 0 Å². The first kappa shape index (κ1) is 27.0. The average Bonchev–Trinajstić information content (AvgIpc) is 2.80. The van der Waals surface area contributed by atoms with E-state index in [1.54, 1.807) is 0 Å². The molecule has 32 heavy (non-hydrogen) atoms. The molecular weight excluding hydrogens is 507 g/mol. The first-order valence-electron chi connectivity index (χ1n) is 12.8. The number of benzene rings is 2. The highest BCUT2D eigenvalue weighted by molar-refractivity contribution is 5.27. The Morgan fingerprint density at radius 2 is 1.12 bits per heavy atom. The van der Waals surface area contributed by atoms with Gasteiger partial charge in [0.05, 0.1) is 13.2 Å². The normalized spacial score (nSPS) is 11.0. The van der Waals surface area contributed by atoms with E-state index in [2.05, 4.69) is 63.2 Å². The lowest BCUT2D eigenvalue weighted by Gasteiger charge is -2.06. The maximum Gasteiger partial charge on any atom is 0.358 e. The van der Waals surface area contributed by atoms with Crippen molar-refractivity contribution in [2.24, 2.45) is 0 Å². The summed E-state index contributed by atoms with van der Waals surface area (Å²) in [6.45, 7) is 8.32. The summed E-state index contributed by atoms with van der Waals surface area (Å²) in [5.74, 6) is 2.00. The largest absolute Gasteiger partial charge is 0.494 e. The number of aryl methyl sites for hydroxylation is 1. The van der Waals surface area contributed by atoms with Crippen LogP contribution in [0.3, 0.4) is 0 Å². The minimum atomic E-state index is -0.178. The van der Waals surface area contributed by atoms with Gasteiger partial charge in [-0.15, -0.1) is 0 Å². The third-order valence-electron chi connectivity index (χ3n) is 5.69. The lowest BCUT2D eigenvalue weighted by Crippen LogP contribution is -3.61. The van der Waals surface area contributed by atoms with Gasteiger partial charge < -0.3 is 9.47 Å². The molecule has 0 unspecified atom stereocenters. The minimum Gasteiger partial charge on any atom is -0.494 e. The van der Waals surface area contributed by atoms with Crippen LogP contribution >= 0.6 is 0 Å². The van der Waals surface area contributed by atoms with Crippen LogP contribution in [0.5, 0.6) is 11.5 Å². The molecule has 0 saturated carbocycles. The molecule has 0 spiro atoms. The summed E-state index contributed by atoms with van der Waals surface area (Å²) in [5, 5.41) is 0. The lowest BCUT2D eigenvalue weighted by atomic mass is 10.1. The zero-order chi connectivity index (χ0) is 22.9. The summed E-state index contributed by atoms with van der Waals surface area (Å²) in [6.07, 6.45) is 15.9. The van der Waals surface area contributed by atoms with E-state index < -0.39 is 0 Å². The van der Waals surface area contributed by atoms with E-state index in [9.17, 15) is 0 Å². The van der Waals surface area contributed by atoms with Crippen molar-refractivity contribution in [3.63, 3.8) is 0 Å². The Balaban J connectivity index is 1.61. The van der Waals surface area contributed by atoms with E-state index in [1.807, 2.05) is 0 Å². The number of hydrogen-bond donors (Lipinski definition) is 0. The first-order chi connectivity index (χ1) is 15.7. The number of halogens is 1. The van der Waals surface area contributed by atoms with Gasteiger partial charge in [-0.05, 0) is 62.2 Å².